The van der Waals surface area contributed by atoms with Crippen molar-refractivity contribution in [2.75, 3.05) is 38.2 Å². The smallest absolute Gasteiger partial charge is 0.149 e. The summed E-state index contributed by atoms with van der Waals surface area (Å²) in [5.41, 5.74) is 3.22. The normalized spacial score (nSPS) is 15.4. The Labute approximate surface area is 159 Å². The lowest BCUT2D eigenvalue weighted by atomic mass is 10.1. The van der Waals surface area contributed by atoms with Crippen molar-refractivity contribution >= 4 is 28.2 Å². The molecular weight excluding hydrogens is 346 g/mol. The predicted molar refractivity (Wildman–Crippen MR) is 107 cm³/mol. The summed E-state index contributed by atoms with van der Waals surface area (Å²) in [5, 5.41) is 1.66. The van der Waals surface area contributed by atoms with Gasteiger partial charge in [0.05, 0.1) is 12.1 Å². The van der Waals surface area contributed by atoms with Gasteiger partial charge < -0.3 is 9.64 Å². The minimum atomic E-state index is 0.729. The molecule has 0 bridgehead atoms. The molecule has 2 heterocycles. The van der Waals surface area contributed by atoms with Crippen LogP contribution in [-0.2, 0) is 6.54 Å². The Morgan fingerprint density at radius 2 is 1.81 bits per heavy atom. The van der Waals surface area contributed by atoms with Crippen LogP contribution in [0.4, 0.5) is 5.69 Å². The highest BCUT2D eigenvalue weighted by molar-refractivity contribution is 6.35. The van der Waals surface area contributed by atoms with Crippen LogP contribution in [0.2, 0.25) is 5.02 Å². The number of methoxy groups -OCH3 is 1. The number of aromatic nitrogens is 1. The van der Waals surface area contributed by atoms with Gasteiger partial charge in [-0.15, -0.1) is 0 Å². The second-order valence-electron chi connectivity index (χ2n) is 6.55. The SMILES string of the molecule is COc1c(CN2CCN(c3ccccc3)CC2)cc(Cl)c2cccnc12. The highest BCUT2D eigenvalue weighted by Crippen LogP contribution is 2.34. The van der Waals surface area contributed by atoms with E-state index in [4.69, 9.17) is 16.3 Å². The Morgan fingerprint density at radius 1 is 1.04 bits per heavy atom. The summed E-state index contributed by atoms with van der Waals surface area (Å²) in [6.45, 7) is 4.88. The molecular formula is C21H22ClN3O. The maximum absolute atomic E-state index is 6.49. The number of para-hydroxylation sites is 1. The van der Waals surface area contributed by atoms with Crippen LogP contribution >= 0.6 is 11.6 Å². The number of fused-ring (bicyclic) bond motifs is 1. The average Bonchev–Trinajstić information content (AvgIpc) is 2.70. The van der Waals surface area contributed by atoms with Gasteiger partial charge in [0, 0.05) is 55.6 Å². The molecule has 1 aliphatic heterocycles. The molecule has 5 heteroatoms. The molecule has 134 valence electrons. The van der Waals surface area contributed by atoms with Crippen molar-refractivity contribution < 1.29 is 4.74 Å². The molecule has 2 aromatic carbocycles. The Bertz CT molecular complexity index is 892. The van der Waals surface area contributed by atoms with Crippen molar-refractivity contribution in [2.24, 2.45) is 0 Å². The molecule has 1 fully saturated rings. The van der Waals surface area contributed by atoms with E-state index in [0.29, 0.717) is 0 Å². The summed E-state index contributed by atoms with van der Waals surface area (Å²) in [6, 6.07) is 16.5. The van der Waals surface area contributed by atoms with Crippen LogP contribution in [0.25, 0.3) is 10.9 Å². The maximum atomic E-state index is 6.49. The minimum absolute atomic E-state index is 0.729. The highest BCUT2D eigenvalue weighted by atomic mass is 35.5. The van der Waals surface area contributed by atoms with E-state index in [1.807, 2.05) is 18.2 Å². The first kappa shape index (κ1) is 17.1. The molecule has 0 atom stereocenters. The average molecular weight is 368 g/mol. The standard InChI is InChI=1S/C21H22ClN3O/c1-26-21-16(14-19(22)18-8-5-9-23-20(18)21)15-24-10-12-25(13-11-24)17-6-3-2-4-7-17/h2-9,14H,10-13,15H2,1H3. The summed E-state index contributed by atoms with van der Waals surface area (Å²) in [4.78, 5) is 9.36. The maximum Gasteiger partial charge on any atom is 0.149 e. The zero-order chi connectivity index (χ0) is 17.9. The number of ether oxygens (including phenoxy) is 1. The molecule has 3 aromatic rings. The molecule has 0 radical (unpaired) electrons. The first-order valence-corrected chi connectivity index (χ1v) is 9.26. The van der Waals surface area contributed by atoms with Crippen molar-refractivity contribution in [3.8, 4) is 5.75 Å². The lowest BCUT2D eigenvalue weighted by Gasteiger charge is -2.36. The Balaban J connectivity index is 1.52. The van der Waals surface area contributed by atoms with Gasteiger partial charge in [0.25, 0.3) is 0 Å². The van der Waals surface area contributed by atoms with Gasteiger partial charge in [-0.05, 0) is 30.3 Å². The van der Waals surface area contributed by atoms with Crippen molar-refractivity contribution in [1.29, 1.82) is 0 Å². The largest absolute Gasteiger partial charge is 0.494 e. The zero-order valence-electron chi connectivity index (χ0n) is 14.9. The molecule has 1 aliphatic rings. The van der Waals surface area contributed by atoms with Gasteiger partial charge in [0.2, 0.25) is 0 Å². The van der Waals surface area contributed by atoms with Crippen LogP contribution < -0.4 is 9.64 Å². The zero-order valence-corrected chi connectivity index (χ0v) is 15.6. The molecule has 4 nitrogen and oxygen atoms in total. The van der Waals surface area contributed by atoms with Crippen LogP contribution in [0.3, 0.4) is 0 Å². The second kappa shape index (κ2) is 7.52. The highest BCUT2D eigenvalue weighted by Gasteiger charge is 2.20. The fraction of sp³-hybridized carbons (Fsp3) is 0.286. The molecule has 0 spiro atoms. The minimum Gasteiger partial charge on any atom is -0.494 e. The third-order valence-corrected chi connectivity index (χ3v) is 5.28. The topological polar surface area (TPSA) is 28.6 Å². The van der Waals surface area contributed by atoms with Crippen LogP contribution in [0.15, 0.2) is 54.7 Å². The van der Waals surface area contributed by atoms with Crippen LogP contribution in [0.5, 0.6) is 5.75 Å². The lowest BCUT2D eigenvalue weighted by molar-refractivity contribution is 0.246. The monoisotopic (exact) mass is 367 g/mol. The van der Waals surface area contributed by atoms with E-state index < -0.39 is 0 Å². The number of hydrogen-bond donors (Lipinski definition) is 0. The van der Waals surface area contributed by atoms with Gasteiger partial charge >= 0.3 is 0 Å². The molecule has 0 unspecified atom stereocenters. The van der Waals surface area contributed by atoms with Crippen LogP contribution in [0.1, 0.15) is 5.56 Å². The number of benzene rings is 2. The summed E-state index contributed by atoms with van der Waals surface area (Å²) in [5.74, 6) is 0.829. The Hall–Kier alpha value is -2.30. The van der Waals surface area contributed by atoms with Gasteiger partial charge in [-0.25, -0.2) is 0 Å². The van der Waals surface area contributed by atoms with E-state index in [2.05, 4.69) is 45.1 Å². The number of nitrogens with zero attached hydrogens (tertiary/aromatic N) is 3. The van der Waals surface area contributed by atoms with Gasteiger partial charge in [-0.2, -0.15) is 0 Å². The van der Waals surface area contributed by atoms with E-state index in [0.717, 1.165) is 60.0 Å². The van der Waals surface area contributed by atoms with Crippen molar-refractivity contribution in [2.45, 2.75) is 6.54 Å². The van der Waals surface area contributed by atoms with E-state index in [9.17, 15) is 0 Å². The molecule has 4 rings (SSSR count). The summed E-state index contributed by atoms with van der Waals surface area (Å²) < 4.78 is 5.69. The molecule has 0 amide bonds. The van der Waals surface area contributed by atoms with E-state index in [1.165, 1.54) is 5.69 Å². The lowest BCUT2D eigenvalue weighted by Crippen LogP contribution is -2.46. The predicted octanol–water partition coefficient (Wildman–Crippen LogP) is 4.22. The van der Waals surface area contributed by atoms with Crippen molar-refractivity contribution in [3.05, 3.63) is 65.3 Å². The summed E-state index contributed by atoms with van der Waals surface area (Å²) in [7, 11) is 1.70. The molecule has 0 N–H and O–H groups in total. The molecule has 26 heavy (non-hydrogen) atoms. The Morgan fingerprint density at radius 3 is 2.54 bits per heavy atom. The fourth-order valence-electron chi connectivity index (χ4n) is 3.62. The van der Waals surface area contributed by atoms with E-state index in [1.54, 1.807) is 13.3 Å². The first-order chi connectivity index (χ1) is 12.8. The molecule has 1 saturated heterocycles. The second-order valence-corrected chi connectivity index (χ2v) is 6.96. The third-order valence-electron chi connectivity index (χ3n) is 4.96. The van der Waals surface area contributed by atoms with Gasteiger partial charge in [-0.1, -0.05) is 29.8 Å². The number of anilines is 1. The number of hydrogen-bond acceptors (Lipinski definition) is 4. The van der Waals surface area contributed by atoms with Gasteiger partial charge in [0.1, 0.15) is 11.3 Å². The van der Waals surface area contributed by atoms with Crippen molar-refractivity contribution in [1.82, 2.24) is 9.88 Å². The van der Waals surface area contributed by atoms with Crippen LogP contribution in [-0.4, -0.2) is 43.2 Å². The van der Waals surface area contributed by atoms with Crippen LogP contribution in [0, 0.1) is 0 Å². The third kappa shape index (κ3) is 3.35. The summed E-state index contributed by atoms with van der Waals surface area (Å²) >= 11 is 6.49. The van der Waals surface area contributed by atoms with Gasteiger partial charge in [0.15, 0.2) is 0 Å². The summed E-state index contributed by atoms with van der Waals surface area (Å²) in [6.07, 6.45) is 1.78. The number of pyridine rings is 1. The number of piperazine rings is 1. The van der Waals surface area contributed by atoms with E-state index in [-0.39, 0.29) is 0 Å². The first-order valence-electron chi connectivity index (χ1n) is 8.88. The van der Waals surface area contributed by atoms with E-state index >= 15 is 0 Å². The Kier molecular flexibility index (Phi) is 4.96. The molecule has 0 saturated carbocycles. The fourth-order valence-corrected chi connectivity index (χ4v) is 3.90. The quantitative estimate of drug-likeness (QED) is 0.690. The number of halogens is 1. The van der Waals surface area contributed by atoms with Gasteiger partial charge in [-0.3, -0.25) is 9.88 Å². The number of rotatable bonds is 4. The molecule has 1 aromatic heterocycles. The van der Waals surface area contributed by atoms with Crippen molar-refractivity contribution in [3.63, 3.8) is 0 Å². The molecule has 0 aliphatic carbocycles.